The summed E-state index contributed by atoms with van der Waals surface area (Å²) >= 11 is 0. The summed E-state index contributed by atoms with van der Waals surface area (Å²) in [5.41, 5.74) is 4.61. The molecular weight excluding hydrogens is 266 g/mol. The molecule has 22 heavy (non-hydrogen) atoms. The number of quaternary nitrogens is 1. The maximum Gasteiger partial charge on any atom is 0.102 e. The van der Waals surface area contributed by atoms with Crippen LogP contribution >= 0.6 is 0 Å². The maximum absolute atomic E-state index is 2.47. The van der Waals surface area contributed by atoms with E-state index in [9.17, 15) is 0 Å². The zero-order valence-corrected chi connectivity index (χ0v) is 14.7. The summed E-state index contributed by atoms with van der Waals surface area (Å²) in [6.45, 7) is 12.7. The molecule has 2 rings (SSSR count). The number of rotatable bonds is 5. The fourth-order valence-electron chi connectivity index (χ4n) is 3.30. The highest BCUT2D eigenvalue weighted by Gasteiger charge is 2.28. The molecule has 0 radical (unpaired) electrons. The Hall–Kier alpha value is -1.60. The Kier molecular flexibility index (Phi) is 5.08. The first kappa shape index (κ1) is 16.8. The molecule has 118 valence electrons. The molecule has 2 aromatic rings. The van der Waals surface area contributed by atoms with Crippen molar-refractivity contribution in [3.63, 3.8) is 0 Å². The van der Waals surface area contributed by atoms with Gasteiger partial charge in [-0.15, -0.1) is 0 Å². The van der Waals surface area contributed by atoms with E-state index >= 15 is 0 Å². The van der Waals surface area contributed by atoms with Crippen molar-refractivity contribution in [3.8, 4) is 11.1 Å². The Bertz CT molecular complexity index is 574. The molecule has 0 aliphatic carbocycles. The van der Waals surface area contributed by atoms with Gasteiger partial charge >= 0.3 is 0 Å². The van der Waals surface area contributed by atoms with Crippen LogP contribution in [0.5, 0.6) is 0 Å². The minimum Gasteiger partial charge on any atom is -0.338 e. The monoisotopic (exact) mass is 296 g/mol. The van der Waals surface area contributed by atoms with E-state index in [1.165, 1.54) is 23.1 Å². The minimum atomic E-state index is 0.274. The van der Waals surface area contributed by atoms with Gasteiger partial charge in [0.2, 0.25) is 0 Å². The number of nitrogens with two attached hydrogens (primary N) is 1. The molecule has 0 spiro atoms. The second-order valence-electron chi connectivity index (χ2n) is 8.20. The Morgan fingerprint density at radius 3 is 1.82 bits per heavy atom. The highest BCUT2D eigenvalue weighted by molar-refractivity contribution is 5.63. The average molecular weight is 296 g/mol. The zero-order chi connectivity index (χ0) is 16.2. The van der Waals surface area contributed by atoms with Crippen LogP contribution in [-0.4, -0.2) is 5.54 Å². The van der Waals surface area contributed by atoms with Gasteiger partial charge in [-0.05, 0) is 30.4 Å². The van der Waals surface area contributed by atoms with Gasteiger partial charge in [-0.25, -0.2) is 0 Å². The molecule has 0 unspecified atom stereocenters. The van der Waals surface area contributed by atoms with Crippen molar-refractivity contribution in [1.29, 1.82) is 0 Å². The highest BCUT2D eigenvalue weighted by Crippen LogP contribution is 2.24. The Morgan fingerprint density at radius 1 is 0.727 bits per heavy atom. The third-order valence-corrected chi connectivity index (χ3v) is 3.94. The van der Waals surface area contributed by atoms with E-state index in [1.807, 2.05) is 0 Å². The molecule has 0 amide bonds. The average Bonchev–Trinajstić information content (AvgIpc) is 2.44. The highest BCUT2D eigenvalue weighted by atomic mass is 14.9. The quantitative estimate of drug-likeness (QED) is 0.828. The predicted molar refractivity (Wildman–Crippen MR) is 95.7 cm³/mol. The molecule has 0 bridgehead atoms. The van der Waals surface area contributed by atoms with Gasteiger partial charge in [0.1, 0.15) is 6.54 Å². The molecule has 1 heteroatoms. The Balaban J connectivity index is 1.97. The number of hydrogen-bond donors (Lipinski definition) is 1. The van der Waals surface area contributed by atoms with Gasteiger partial charge in [-0.2, -0.15) is 0 Å². The molecule has 0 aromatic heterocycles. The van der Waals surface area contributed by atoms with Crippen molar-refractivity contribution in [2.24, 2.45) is 5.41 Å². The van der Waals surface area contributed by atoms with Crippen molar-refractivity contribution in [1.82, 2.24) is 0 Å². The van der Waals surface area contributed by atoms with Gasteiger partial charge in [0.25, 0.3) is 0 Å². The van der Waals surface area contributed by atoms with Gasteiger partial charge in [0.15, 0.2) is 0 Å². The summed E-state index contributed by atoms with van der Waals surface area (Å²) in [6.07, 6.45) is 1.21. The van der Waals surface area contributed by atoms with E-state index in [0.29, 0.717) is 5.41 Å². The SMILES string of the molecule is CC(C)(C)CC(C)(C)[NH2+]Cc1ccc(-c2ccccc2)cc1. The van der Waals surface area contributed by atoms with Gasteiger partial charge in [0, 0.05) is 12.0 Å². The van der Waals surface area contributed by atoms with Crippen LogP contribution in [-0.2, 0) is 6.54 Å². The lowest BCUT2D eigenvalue weighted by atomic mass is 9.82. The molecule has 0 atom stereocenters. The first-order valence-corrected chi connectivity index (χ1v) is 8.24. The van der Waals surface area contributed by atoms with Crippen LogP contribution in [0.1, 0.15) is 46.6 Å². The topological polar surface area (TPSA) is 16.6 Å². The molecule has 1 nitrogen and oxygen atoms in total. The largest absolute Gasteiger partial charge is 0.338 e. The van der Waals surface area contributed by atoms with E-state index in [-0.39, 0.29) is 5.54 Å². The van der Waals surface area contributed by atoms with Crippen molar-refractivity contribution in [3.05, 3.63) is 60.2 Å². The summed E-state index contributed by atoms with van der Waals surface area (Å²) in [5.74, 6) is 0. The van der Waals surface area contributed by atoms with E-state index < -0.39 is 0 Å². The number of benzene rings is 2. The summed E-state index contributed by atoms with van der Waals surface area (Å²) in [5, 5.41) is 2.47. The van der Waals surface area contributed by atoms with Crippen molar-refractivity contribution in [2.45, 2.75) is 53.1 Å². The fraction of sp³-hybridized carbons (Fsp3) is 0.429. The first-order chi connectivity index (χ1) is 10.3. The second-order valence-corrected chi connectivity index (χ2v) is 8.20. The fourth-order valence-corrected chi connectivity index (χ4v) is 3.30. The van der Waals surface area contributed by atoms with Crippen molar-refractivity contribution >= 4 is 0 Å². The van der Waals surface area contributed by atoms with Gasteiger partial charge in [-0.3, -0.25) is 0 Å². The Labute approximate surface area is 135 Å². The van der Waals surface area contributed by atoms with Crippen LogP contribution in [0.3, 0.4) is 0 Å². The standard InChI is InChI=1S/C21H29N/c1-20(2,3)16-21(4,5)22-15-17-11-13-19(14-12-17)18-9-7-6-8-10-18/h6-14,22H,15-16H2,1-5H3/p+1. The molecule has 0 aliphatic heterocycles. The molecule has 0 saturated carbocycles. The Morgan fingerprint density at radius 2 is 1.27 bits per heavy atom. The van der Waals surface area contributed by atoms with Crippen LogP contribution in [0.25, 0.3) is 11.1 Å². The van der Waals surface area contributed by atoms with Crippen LogP contribution in [0.2, 0.25) is 0 Å². The van der Waals surface area contributed by atoms with E-state index in [4.69, 9.17) is 0 Å². The molecule has 0 aliphatic rings. The van der Waals surface area contributed by atoms with Crippen LogP contribution in [0, 0.1) is 5.41 Å². The summed E-state index contributed by atoms with van der Waals surface area (Å²) in [6, 6.07) is 19.5. The van der Waals surface area contributed by atoms with Gasteiger partial charge in [-0.1, -0.05) is 75.4 Å². The molecule has 0 heterocycles. The predicted octanol–water partition coefficient (Wildman–Crippen LogP) is 4.63. The van der Waals surface area contributed by atoms with Gasteiger partial charge < -0.3 is 5.32 Å². The lowest BCUT2D eigenvalue weighted by Gasteiger charge is -2.30. The van der Waals surface area contributed by atoms with Crippen LogP contribution < -0.4 is 5.32 Å². The number of hydrogen-bond acceptors (Lipinski definition) is 0. The molecule has 0 saturated heterocycles. The maximum atomic E-state index is 2.47. The van der Waals surface area contributed by atoms with E-state index in [1.54, 1.807) is 0 Å². The lowest BCUT2D eigenvalue weighted by Crippen LogP contribution is -2.94. The molecule has 2 aromatic carbocycles. The first-order valence-electron chi connectivity index (χ1n) is 8.24. The van der Waals surface area contributed by atoms with Crippen LogP contribution in [0.4, 0.5) is 0 Å². The normalized spacial score (nSPS) is 12.4. The van der Waals surface area contributed by atoms with Crippen molar-refractivity contribution < 1.29 is 5.32 Å². The smallest absolute Gasteiger partial charge is 0.102 e. The van der Waals surface area contributed by atoms with Gasteiger partial charge in [0.05, 0.1) is 5.54 Å². The molecule has 2 N–H and O–H groups in total. The minimum absolute atomic E-state index is 0.274. The third kappa shape index (κ3) is 5.31. The molecular formula is C21H30N+. The third-order valence-electron chi connectivity index (χ3n) is 3.94. The van der Waals surface area contributed by atoms with Crippen LogP contribution in [0.15, 0.2) is 54.6 Å². The molecule has 0 fully saturated rings. The van der Waals surface area contributed by atoms with E-state index in [0.717, 1.165) is 6.54 Å². The lowest BCUT2D eigenvalue weighted by molar-refractivity contribution is -0.737. The zero-order valence-electron chi connectivity index (χ0n) is 14.7. The summed E-state index contributed by atoms with van der Waals surface area (Å²) < 4.78 is 0. The van der Waals surface area contributed by atoms with Crippen molar-refractivity contribution in [2.75, 3.05) is 0 Å². The summed E-state index contributed by atoms with van der Waals surface area (Å²) in [4.78, 5) is 0. The van der Waals surface area contributed by atoms with E-state index in [2.05, 4.69) is 94.5 Å². The second kappa shape index (κ2) is 6.66. The summed E-state index contributed by atoms with van der Waals surface area (Å²) in [7, 11) is 0.